The van der Waals surface area contributed by atoms with E-state index in [1.54, 1.807) is 18.3 Å². The third-order valence-corrected chi connectivity index (χ3v) is 4.71. The Morgan fingerprint density at radius 2 is 1.81 bits per heavy atom. The van der Waals surface area contributed by atoms with Crippen LogP contribution in [0.15, 0.2) is 42.7 Å². The summed E-state index contributed by atoms with van der Waals surface area (Å²) in [7, 11) is -3.28. The van der Waals surface area contributed by atoms with Gasteiger partial charge in [0.2, 0.25) is 10.0 Å². The maximum atomic E-state index is 11.9. The smallest absolute Gasteiger partial charge is 0.232 e. The van der Waals surface area contributed by atoms with E-state index in [0.29, 0.717) is 5.69 Å². The zero-order chi connectivity index (χ0) is 15.5. The Balaban J connectivity index is 2.19. The summed E-state index contributed by atoms with van der Waals surface area (Å²) in [5, 5.41) is 0. The van der Waals surface area contributed by atoms with E-state index in [1.807, 2.05) is 45.2 Å². The molecule has 0 bridgehead atoms. The van der Waals surface area contributed by atoms with E-state index >= 15 is 0 Å². The lowest BCUT2D eigenvalue weighted by atomic mass is 10.0. The molecule has 0 saturated heterocycles. The van der Waals surface area contributed by atoms with Gasteiger partial charge >= 0.3 is 0 Å². The molecule has 21 heavy (non-hydrogen) atoms. The fourth-order valence-corrected chi connectivity index (χ4v) is 3.60. The van der Waals surface area contributed by atoms with Crippen molar-refractivity contribution in [3.05, 3.63) is 48.3 Å². The van der Waals surface area contributed by atoms with Crippen LogP contribution in [0.25, 0.3) is 11.1 Å². The molecule has 2 aromatic rings. The molecule has 0 spiro atoms. The van der Waals surface area contributed by atoms with Crippen molar-refractivity contribution >= 4 is 15.7 Å². The van der Waals surface area contributed by atoms with E-state index in [-0.39, 0.29) is 11.7 Å². The van der Waals surface area contributed by atoms with Crippen LogP contribution in [0.2, 0.25) is 0 Å². The second kappa shape index (κ2) is 6.26. The van der Waals surface area contributed by atoms with Crippen LogP contribution >= 0.6 is 0 Å². The van der Waals surface area contributed by atoms with E-state index in [0.717, 1.165) is 16.7 Å². The van der Waals surface area contributed by atoms with Crippen LogP contribution in [0.4, 0.5) is 5.69 Å². The molecule has 0 radical (unpaired) electrons. The molecule has 112 valence electrons. The van der Waals surface area contributed by atoms with Gasteiger partial charge in [-0.3, -0.25) is 9.71 Å². The molecular weight excluding hydrogens is 284 g/mol. The van der Waals surface area contributed by atoms with Crippen molar-refractivity contribution in [2.75, 3.05) is 10.5 Å². The zero-order valence-corrected chi connectivity index (χ0v) is 13.3. The molecular formula is C16H20N2O2S. The predicted octanol–water partition coefficient (Wildman–Crippen LogP) is 3.45. The van der Waals surface area contributed by atoms with E-state index < -0.39 is 10.0 Å². The highest BCUT2D eigenvalue weighted by Crippen LogP contribution is 2.24. The van der Waals surface area contributed by atoms with Gasteiger partial charge in [-0.25, -0.2) is 8.42 Å². The normalized spacial score (nSPS) is 11.6. The molecule has 1 aromatic carbocycles. The molecule has 4 nitrogen and oxygen atoms in total. The van der Waals surface area contributed by atoms with Crippen LogP contribution in [0.5, 0.6) is 0 Å². The molecule has 2 rings (SSSR count). The van der Waals surface area contributed by atoms with E-state index in [1.165, 1.54) is 0 Å². The van der Waals surface area contributed by atoms with Crippen molar-refractivity contribution in [1.29, 1.82) is 0 Å². The summed E-state index contributed by atoms with van der Waals surface area (Å²) in [6.45, 7) is 5.79. The molecule has 1 N–H and O–H groups in total. The van der Waals surface area contributed by atoms with Crippen molar-refractivity contribution in [3.63, 3.8) is 0 Å². The summed E-state index contributed by atoms with van der Waals surface area (Å²) >= 11 is 0. The number of sulfonamides is 1. The molecule has 0 amide bonds. The monoisotopic (exact) mass is 304 g/mol. The van der Waals surface area contributed by atoms with Crippen LogP contribution in [-0.4, -0.2) is 19.2 Å². The van der Waals surface area contributed by atoms with Crippen molar-refractivity contribution in [2.24, 2.45) is 5.92 Å². The number of rotatable bonds is 5. The van der Waals surface area contributed by atoms with Crippen LogP contribution in [-0.2, 0) is 10.0 Å². The number of nitrogens with one attached hydrogen (secondary N) is 1. The number of hydrogen-bond acceptors (Lipinski definition) is 3. The number of nitrogens with zero attached hydrogens (tertiary/aromatic N) is 1. The van der Waals surface area contributed by atoms with Crippen molar-refractivity contribution < 1.29 is 8.42 Å². The van der Waals surface area contributed by atoms with Crippen molar-refractivity contribution in [3.8, 4) is 11.1 Å². The van der Waals surface area contributed by atoms with Gasteiger partial charge in [-0.15, -0.1) is 0 Å². The topological polar surface area (TPSA) is 59.1 Å². The van der Waals surface area contributed by atoms with E-state index in [9.17, 15) is 8.42 Å². The Morgan fingerprint density at radius 1 is 1.14 bits per heavy atom. The number of benzene rings is 1. The van der Waals surface area contributed by atoms with Gasteiger partial charge in [0.25, 0.3) is 0 Å². The number of hydrogen-bond donors (Lipinski definition) is 1. The minimum absolute atomic E-state index is 0.0971. The molecule has 0 unspecified atom stereocenters. The Hall–Kier alpha value is -1.88. The number of aromatic nitrogens is 1. The highest BCUT2D eigenvalue weighted by Gasteiger charge is 2.12. The molecule has 0 atom stereocenters. The molecule has 5 heteroatoms. The number of aryl methyl sites for hydroxylation is 1. The van der Waals surface area contributed by atoms with Gasteiger partial charge in [0.15, 0.2) is 0 Å². The van der Waals surface area contributed by atoms with Crippen LogP contribution in [0.1, 0.15) is 19.4 Å². The van der Waals surface area contributed by atoms with Gasteiger partial charge in [0.1, 0.15) is 0 Å². The first-order valence-corrected chi connectivity index (χ1v) is 8.54. The highest BCUT2D eigenvalue weighted by atomic mass is 32.2. The van der Waals surface area contributed by atoms with Gasteiger partial charge in [-0.2, -0.15) is 0 Å². The average molecular weight is 304 g/mol. The molecule has 0 aliphatic carbocycles. The molecule has 0 aliphatic heterocycles. The Morgan fingerprint density at radius 3 is 2.38 bits per heavy atom. The van der Waals surface area contributed by atoms with Crippen LogP contribution in [0, 0.1) is 12.8 Å². The summed E-state index contributed by atoms with van der Waals surface area (Å²) in [5.74, 6) is 0.219. The molecule has 1 heterocycles. The summed E-state index contributed by atoms with van der Waals surface area (Å²) in [5.41, 5.74) is 3.79. The standard InChI is InChI=1S/C16H20N2O2S/c1-12(2)11-21(19,20)18-15-6-4-14(5-7-15)16-10-17-9-8-13(16)3/h4-10,12,18H,11H2,1-3H3. The number of pyridine rings is 1. The summed E-state index contributed by atoms with van der Waals surface area (Å²) in [6, 6.07) is 9.31. The first-order chi connectivity index (χ1) is 9.87. The van der Waals surface area contributed by atoms with Crippen LogP contribution < -0.4 is 4.72 Å². The molecule has 0 aliphatic rings. The highest BCUT2D eigenvalue weighted by molar-refractivity contribution is 7.92. The molecule has 0 saturated carbocycles. The lowest BCUT2D eigenvalue weighted by Gasteiger charge is -2.11. The third kappa shape index (κ3) is 4.29. The average Bonchev–Trinajstić information content (AvgIpc) is 2.38. The minimum Gasteiger partial charge on any atom is -0.284 e. The first kappa shape index (κ1) is 15.5. The van der Waals surface area contributed by atoms with Crippen molar-refractivity contribution in [1.82, 2.24) is 4.98 Å². The fraction of sp³-hybridized carbons (Fsp3) is 0.312. The van der Waals surface area contributed by atoms with Gasteiger partial charge in [0, 0.05) is 23.6 Å². The van der Waals surface area contributed by atoms with Gasteiger partial charge in [-0.1, -0.05) is 26.0 Å². The van der Waals surface area contributed by atoms with Crippen molar-refractivity contribution in [2.45, 2.75) is 20.8 Å². The van der Waals surface area contributed by atoms with Gasteiger partial charge in [-0.05, 0) is 42.2 Å². The Labute approximate surface area is 126 Å². The largest absolute Gasteiger partial charge is 0.284 e. The quantitative estimate of drug-likeness (QED) is 0.920. The maximum absolute atomic E-state index is 11.9. The Kier molecular flexibility index (Phi) is 4.63. The van der Waals surface area contributed by atoms with Gasteiger partial charge < -0.3 is 0 Å². The number of anilines is 1. The third-order valence-electron chi connectivity index (χ3n) is 3.06. The van der Waals surface area contributed by atoms with E-state index in [2.05, 4.69) is 9.71 Å². The molecule has 0 fully saturated rings. The summed E-state index contributed by atoms with van der Waals surface area (Å²) in [6.07, 6.45) is 3.57. The van der Waals surface area contributed by atoms with Gasteiger partial charge in [0.05, 0.1) is 5.75 Å². The first-order valence-electron chi connectivity index (χ1n) is 6.89. The summed E-state index contributed by atoms with van der Waals surface area (Å²) in [4.78, 5) is 4.12. The second-order valence-electron chi connectivity index (χ2n) is 5.55. The Bertz CT molecular complexity index is 707. The summed E-state index contributed by atoms with van der Waals surface area (Å²) < 4.78 is 26.4. The maximum Gasteiger partial charge on any atom is 0.232 e. The second-order valence-corrected chi connectivity index (χ2v) is 7.31. The molecule has 1 aromatic heterocycles. The van der Waals surface area contributed by atoms with Crippen LogP contribution in [0.3, 0.4) is 0 Å². The SMILES string of the molecule is Cc1ccncc1-c1ccc(NS(=O)(=O)CC(C)C)cc1. The lowest BCUT2D eigenvalue weighted by Crippen LogP contribution is -2.19. The minimum atomic E-state index is -3.28. The van der Waals surface area contributed by atoms with E-state index in [4.69, 9.17) is 0 Å². The lowest BCUT2D eigenvalue weighted by molar-refractivity contribution is 0.587. The fourth-order valence-electron chi connectivity index (χ4n) is 2.14. The zero-order valence-electron chi connectivity index (χ0n) is 12.5. The predicted molar refractivity (Wildman–Crippen MR) is 86.7 cm³/mol.